The molecule has 0 fully saturated rings. The lowest BCUT2D eigenvalue weighted by Gasteiger charge is -2.04. The average Bonchev–Trinajstić information content (AvgIpc) is 1.64. The lowest BCUT2D eigenvalue weighted by molar-refractivity contribution is 1.08. The average molecular weight is 187 g/mol. The van der Waals surface area contributed by atoms with Crippen molar-refractivity contribution in [1.29, 1.82) is 10.8 Å². The van der Waals surface area contributed by atoms with Gasteiger partial charge in [0.25, 0.3) is 0 Å². The number of halogens is 3. The molecule has 0 aromatic heterocycles. The highest BCUT2D eigenvalue weighted by atomic mass is 35.5. The minimum Gasteiger partial charge on any atom is -0.292 e. The van der Waals surface area contributed by atoms with E-state index in [1.165, 1.54) is 0 Å². The van der Waals surface area contributed by atoms with Crippen molar-refractivity contribution in [2.24, 2.45) is 5.92 Å². The van der Waals surface area contributed by atoms with Crippen LogP contribution in [0.25, 0.3) is 0 Å². The Balaban J connectivity index is 3.99. The Bertz CT molecular complexity index is 120. The molecular weight excluding hydrogens is 182 g/mol. The Hall–Kier alpha value is 0.210. The molecule has 0 aromatic rings. The molecule has 52 valence electrons. The Morgan fingerprint density at radius 3 is 1.56 bits per heavy atom. The van der Waals surface area contributed by atoms with Gasteiger partial charge in [0.05, 0.1) is 5.92 Å². The van der Waals surface area contributed by atoms with Crippen LogP contribution in [0.3, 0.4) is 0 Å². The summed E-state index contributed by atoms with van der Waals surface area (Å²) in [6.45, 7) is 0. The highest BCUT2D eigenvalue weighted by Crippen LogP contribution is 2.08. The molecule has 0 aliphatic rings. The zero-order chi connectivity index (χ0) is 7.44. The highest BCUT2D eigenvalue weighted by molar-refractivity contribution is 6.74. The smallest absolute Gasteiger partial charge is 0.108 e. The van der Waals surface area contributed by atoms with Gasteiger partial charge in [-0.1, -0.05) is 23.2 Å². The van der Waals surface area contributed by atoms with Gasteiger partial charge in [-0.25, -0.2) is 0 Å². The van der Waals surface area contributed by atoms with Gasteiger partial charge in [0, 0.05) is 5.88 Å². The second kappa shape index (κ2) is 4.09. The van der Waals surface area contributed by atoms with E-state index in [9.17, 15) is 0 Å². The van der Waals surface area contributed by atoms with Crippen LogP contribution >= 0.6 is 34.8 Å². The topological polar surface area (TPSA) is 47.7 Å². The van der Waals surface area contributed by atoms with Crippen LogP contribution in [0.15, 0.2) is 0 Å². The Morgan fingerprint density at radius 2 is 1.56 bits per heavy atom. The Labute approximate surface area is 68.1 Å². The molecule has 0 rings (SSSR count). The maximum atomic E-state index is 6.84. The first-order chi connectivity index (χ1) is 4.09. The van der Waals surface area contributed by atoms with Crippen LogP contribution in [0.1, 0.15) is 0 Å². The van der Waals surface area contributed by atoms with Crippen LogP contribution in [-0.2, 0) is 0 Å². The molecule has 2 N–H and O–H groups in total. The zero-order valence-corrected chi connectivity index (χ0v) is 6.69. The SMILES string of the molecule is N=C(Cl)C(CCl)C(=N)Cl. The molecule has 2 nitrogen and oxygen atoms in total. The largest absolute Gasteiger partial charge is 0.292 e. The van der Waals surface area contributed by atoms with E-state index in [1.807, 2.05) is 0 Å². The maximum Gasteiger partial charge on any atom is 0.108 e. The van der Waals surface area contributed by atoms with Crippen molar-refractivity contribution in [1.82, 2.24) is 0 Å². The van der Waals surface area contributed by atoms with Crippen molar-refractivity contribution in [2.45, 2.75) is 0 Å². The molecule has 0 spiro atoms. The summed E-state index contributed by atoms with van der Waals surface area (Å²) in [5, 5.41) is 13.3. The molecule has 0 aliphatic carbocycles. The summed E-state index contributed by atoms with van der Waals surface area (Å²) in [7, 11) is 0. The summed E-state index contributed by atoms with van der Waals surface area (Å²) in [5.41, 5.74) is 0. The summed E-state index contributed by atoms with van der Waals surface area (Å²) in [6, 6.07) is 0. The number of nitrogens with one attached hydrogen (secondary N) is 2. The predicted octanol–water partition coefficient (Wildman–Crippen LogP) is 2.27. The summed E-state index contributed by atoms with van der Waals surface area (Å²) in [4.78, 5) is 0. The van der Waals surface area contributed by atoms with E-state index in [4.69, 9.17) is 45.6 Å². The van der Waals surface area contributed by atoms with Gasteiger partial charge < -0.3 is 0 Å². The van der Waals surface area contributed by atoms with Gasteiger partial charge in [0.15, 0.2) is 0 Å². The third-order valence-corrected chi connectivity index (χ3v) is 1.60. The normalized spacial score (nSPS) is 12.8. The molecule has 0 unspecified atom stereocenters. The molecule has 0 saturated heterocycles. The first-order valence-corrected chi connectivity index (χ1v) is 3.42. The van der Waals surface area contributed by atoms with Gasteiger partial charge in [0.1, 0.15) is 10.3 Å². The molecule has 0 atom stereocenters. The van der Waals surface area contributed by atoms with Crippen molar-refractivity contribution in [3.63, 3.8) is 0 Å². The van der Waals surface area contributed by atoms with Crippen LogP contribution in [-0.4, -0.2) is 16.2 Å². The van der Waals surface area contributed by atoms with Gasteiger partial charge in [0.2, 0.25) is 0 Å². The molecule has 0 amide bonds. The molecule has 0 bridgehead atoms. The molecule has 0 radical (unpaired) electrons. The lowest BCUT2D eigenvalue weighted by Crippen LogP contribution is -2.16. The monoisotopic (exact) mass is 186 g/mol. The van der Waals surface area contributed by atoms with Crippen molar-refractivity contribution < 1.29 is 0 Å². The van der Waals surface area contributed by atoms with Crippen LogP contribution in [0.5, 0.6) is 0 Å². The first-order valence-electron chi connectivity index (χ1n) is 2.13. The van der Waals surface area contributed by atoms with Crippen molar-refractivity contribution in [2.75, 3.05) is 5.88 Å². The molecule has 0 saturated carbocycles. The van der Waals surface area contributed by atoms with E-state index >= 15 is 0 Å². The first kappa shape index (κ1) is 9.21. The van der Waals surface area contributed by atoms with Gasteiger partial charge >= 0.3 is 0 Å². The fourth-order valence-electron chi connectivity index (χ4n) is 0.247. The Morgan fingerprint density at radius 1 is 1.22 bits per heavy atom. The summed E-state index contributed by atoms with van der Waals surface area (Å²) < 4.78 is 0. The summed E-state index contributed by atoms with van der Waals surface area (Å²) >= 11 is 15.7. The number of alkyl halides is 1. The second-order valence-corrected chi connectivity index (χ2v) is 2.53. The van der Waals surface area contributed by atoms with E-state index in [0.717, 1.165) is 0 Å². The standard InChI is InChI=1S/C4H5Cl3N2/c5-1-2(3(6)8)4(7)9/h2,8-9H,1H2. The number of hydrogen-bond donors (Lipinski definition) is 2. The number of hydrogen-bond acceptors (Lipinski definition) is 2. The third-order valence-electron chi connectivity index (χ3n) is 0.766. The van der Waals surface area contributed by atoms with Gasteiger partial charge in [-0.2, -0.15) is 0 Å². The third kappa shape index (κ3) is 3.04. The highest BCUT2D eigenvalue weighted by Gasteiger charge is 2.14. The summed E-state index contributed by atoms with van der Waals surface area (Å²) in [6.07, 6.45) is 0. The molecule has 5 heteroatoms. The minimum absolute atomic E-state index is 0.0880. The Kier molecular flexibility index (Phi) is 4.19. The van der Waals surface area contributed by atoms with Crippen LogP contribution in [0.4, 0.5) is 0 Å². The maximum absolute atomic E-state index is 6.84. The fourth-order valence-corrected chi connectivity index (χ4v) is 1.14. The number of rotatable bonds is 3. The van der Waals surface area contributed by atoms with Gasteiger partial charge in [-0.05, 0) is 0 Å². The molecule has 0 aromatic carbocycles. The minimum atomic E-state index is -0.616. The van der Waals surface area contributed by atoms with E-state index in [0.29, 0.717) is 0 Å². The molecule has 9 heavy (non-hydrogen) atoms. The molecule has 0 heterocycles. The van der Waals surface area contributed by atoms with Crippen LogP contribution in [0.2, 0.25) is 0 Å². The van der Waals surface area contributed by atoms with Crippen LogP contribution in [0, 0.1) is 16.7 Å². The van der Waals surface area contributed by atoms with Crippen molar-refractivity contribution in [3.05, 3.63) is 0 Å². The van der Waals surface area contributed by atoms with E-state index < -0.39 is 5.92 Å². The quantitative estimate of drug-likeness (QED) is 0.503. The molecular formula is C4H5Cl3N2. The summed E-state index contributed by atoms with van der Waals surface area (Å²) in [5.74, 6) is -0.528. The van der Waals surface area contributed by atoms with E-state index in [2.05, 4.69) is 0 Å². The van der Waals surface area contributed by atoms with Crippen LogP contribution < -0.4 is 0 Å². The van der Waals surface area contributed by atoms with Crippen molar-refractivity contribution >= 4 is 45.1 Å². The van der Waals surface area contributed by atoms with Gasteiger partial charge in [-0.3, -0.25) is 10.8 Å². The zero-order valence-electron chi connectivity index (χ0n) is 4.42. The fraction of sp³-hybridized carbons (Fsp3) is 0.500. The van der Waals surface area contributed by atoms with Gasteiger partial charge in [-0.15, -0.1) is 11.6 Å². The second-order valence-electron chi connectivity index (χ2n) is 1.40. The predicted molar refractivity (Wildman–Crippen MR) is 41.4 cm³/mol. The molecule has 0 aliphatic heterocycles. The lowest BCUT2D eigenvalue weighted by atomic mass is 10.2. The van der Waals surface area contributed by atoms with E-state index in [-0.39, 0.29) is 16.2 Å². The van der Waals surface area contributed by atoms with Crippen molar-refractivity contribution in [3.8, 4) is 0 Å². The van der Waals surface area contributed by atoms with E-state index in [1.54, 1.807) is 0 Å².